The summed E-state index contributed by atoms with van der Waals surface area (Å²) >= 11 is 0. The first-order valence-electron chi connectivity index (χ1n) is 9.03. The molecule has 2 aliphatic rings. The topological polar surface area (TPSA) is 38.5 Å². The van der Waals surface area contributed by atoms with Crippen LogP contribution in [0.5, 0.6) is 0 Å². The highest BCUT2D eigenvalue weighted by Crippen LogP contribution is 2.39. The molecule has 1 saturated carbocycles. The standard InChI is InChI=1S/C18H36N2O/c1-5-11-21-15-7-6-10-20(13-15)17-12-14(18(2,3)4)8-9-16(17)19/h14-17H,5-13,19H2,1-4H3. The van der Waals surface area contributed by atoms with Gasteiger partial charge in [-0.25, -0.2) is 0 Å². The highest BCUT2D eigenvalue weighted by Gasteiger charge is 2.38. The molecule has 0 radical (unpaired) electrons. The van der Waals surface area contributed by atoms with Gasteiger partial charge in [0.05, 0.1) is 6.10 Å². The number of rotatable bonds is 4. The lowest BCUT2D eigenvalue weighted by molar-refractivity contribution is -0.0291. The maximum atomic E-state index is 6.48. The number of piperidine rings is 1. The van der Waals surface area contributed by atoms with Crippen LogP contribution in [-0.2, 0) is 4.74 Å². The van der Waals surface area contributed by atoms with E-state index in [1.54, 1.807) is 0 Å². The fourth-order valence-electron chi connectivity index (χ4n) is 4.06. The number of nitrogens with zero attached hydrogens (tertiary/aromatic N) is 1. The minimum atomic E-state index is 0.355. The van der Waals surface area contributed by atoms with Crippen molar-refractivity contribution in [3.8, 4) is 0 Å². The molecule has 4 unspecified atom stereocenters. The van der Waals surface area contributed by atoms with Crippen molar-refractivity contribution >= 4 is 0 Å². The zero-order valence-corrected chi connectivity index (χ0v) is 14.6. The zero-order valence-electron chi connectivity index (χ0n) is 14.6. The third-order valence-corrected chi connectivity index (χ3v) is 5.53. The second-order valence-corrected chi connectivity index (χ2v) is 8.24. The maximum Gasteiger partial charge on any atom is 0.0702 e. The molecule has 1 aliphatic heterocycles. The van der Waals surface area contributed by atoms with Gasteiger partial charge in [0.2, 0.25) is 0 Å². The number of likely N-dealkylation sites (tertiary alicyclic amines) is 1. The van der Waals surface area contributed by atoms with Gasteiger partial charge < -0.3 is 10.5 Å². The van der Waals surface area contributed by atoms with Gasteiger partial charge in [0.15, 0.2) is 0 Å². The third-order valence-electron chi connectivity index (χ3n) is 5.53. The van der Waals surface area contributed by atoms with Crippen LogP contribution in [0.4, 0.5) is 0 Å². The SMILES string of the molecule is CCCOC1CCCN(C2CC(C(C)(C)C)CCC2N)C1. The highest BCUT2D eigenvalue weighted by atomic mass is 16.5. The van der Waals surface area contributed by atoms with Crippen LogP contribution in [0.1, 0.15) is 66.2 Å². The van der Waals surface area contributed by atoms with Gasteiger partial charge in [-0.1, -0.05) is 27.7 Å². The van der Waals surface area contributed by atoms with Crippen LogP contribution in [-0.4, -0.2) is 42.8 Å². The van der Waals surface area contributed by atoms with Crippen LogP contribution in [0.15, 0.2) is 0 Å². The van der Waals surface area contributed by atoms with Gasteiger partial charge in [-0.15, -0.1) is 0 Å². The van der Waals surface area contributed by atoms with Gasteiger partial charge in [-0.2, -0.15) is 0 Å². The van der Waals surface area contributed by atoms with Crippen molar-refractivity contribution in [2.45, 2.75) is 84.4 Å². The second-order valence-electron chi connectivity index (χ2n) is 8.24. The van der Waals surface area contributed by atoms with E-state index in [9.17, 15) is 0 Å². The third kappa shape index (κ3) is 4.67. The van der Waals surface area contributed by atoms with Gasteiger partial charge >= 0.3 is 0 Å². The minimum absolute atomic E-state index is 0.355. The Bertz CT molecular complexity index is 313. The summed E-state index contributed by atoms with van der Waals surface area (Å²) in [5.41, 5.74) is 6.89. The Labute approximate surface area is 131 Å². The summed E-state index contributed by atoms with van der Waals surface area (Å²) in [5.74, 6) is 0.805. The number of hydrogen-bond donors (Lipinski definition) is 1. The molecule has 1 aliphatic carbocycles. The van der Waals surface area contributed by atoms with Crippen LogP contribution >= 0.6 is 0 Å². The largest absolute Gasteiger partial charge is 0.377 e. The molecule has 2 rings (SSSR count). The van der Waals surface area contributed by atoms with E-state index in [1.807, 2.05) is 0 Å². The first kappa shape index (κ1) is 17.2. The lowest BCUT2D eigenvalue weighted by Crippen LogP contribution is -2.56. The summed E-state index contributed by atoms with van der Waals surface area (Å²) in [4.78, 5) is 2.65. The van der Waals surface area contributed by atoms with Crippen molar-refractivity contribution in [1.29, 1.82) is 0 Å². The first-order valence-corrected chi connectivity index (χ1v) is 9.03. The molecule has 2 N–H and O–H groups in total. The second kappa shape index (κ2) is 7.43. The fraction of sp³-hybridized carbons (Fsp3) is 1.00. The van der Waals surface area contributed by atoms with Gasteiger partial charge in [0.1, 0.15) is 0 Å². The molecule has 2 fully saturated rings. The number of hydrogen-bond acceptors (Lipinski definition) is 3. The first-order chi connectivity index (χ1) is 9.91. The van der Waals surface area contributed by atoms with Crippen molar-refractivity contribution in [3.63, 3.8) is 0 Å². The van der Waals surface area contributed by atoms with Crippen LogP contribution in [0.3, 0.4) is 0 Å². The molecule has 0 amide bonds. The Morgan fingerprint density at radius 2 is 1.95 bits per heavy atom. The van der Waals surface area contributed by atoms with Crippen molar-refractivity contribution in [1.82, 2.24) is 4.90 Å². The van der Waals surface area contributed by atoms with Gasteiger partial charge in [-0.05, 0) is 56.4 Å². The van der Waals surface area contributed by atoms with Crippen molar-refractivity contribution in [2.75, 3.05) is 19.7 Å². The normalized spacial score (nSPS) is 35.9. The van der Waals surface area contributed by atoms with E-state index in [0.717, 1.165) is 25.5 Å². The summed E-state index contributed by atoms with van der Waals surface area (Å²) in [6.45, 7) is 12.5. The molecule has 21 heavy (non-hydrogen) atoms. The van der Waals surface area contributed by atoms with E-state index >= 15 is 0 Å². The Kier molecular flexibility index (Phi) is 6.10. The van der Waals surface area contributed by atoms with Crippen LogP contribution in [0, 0.1) is 11.3 Å². The Balaban J connectivity index is 1.94. The van der Waals surface area contributed by atoms with Gasteiger partial charge in [0, 0.05) is 25.2 Å². The molecule has 0 bridgehead atoms. The van der Waals surface area contributed by atoms with Crippen molar-refractivity contribution in [3.05, 3.63) is 0 Å². The molecule has 1 heterocycles. The lowest BCUT2D eigenvalue weighted by atomic mass is 9.69. The average Bonchev–Trinajstić information content (AvgIpc) is 2.44. The zero-order chi connectivity index (χ0) is 15.5. The van der Waals surface area contributed by atoms with E-state index in [2.05, 4.69) is 32.6 Å². The van der Waals surface area contributed by atoms with Gasteiger partial charge in [0.25, 0.3) is 0 Å². The minimum Gasteiger partial charge on any atom is -0.377 e. The van der Waals surface area contributed by atoms with Crippen LogP contribution in [0.2, 0.25) is 0 Å². The summed E-state index contributed by atoms with van der Waals surface area (Å²) in [7, 11) is 0. The lowest BCUT2D eigenvalue weighted by Gasteiger charge is -2.47. The quantitative estimate of drug-likeness (QED) is 0.864. The summed E-state index contributed by atoms with van der Waals surface area (Å²) in [6, 6.07) is 0.921. The molecule has 4 atom stereocenters. The Hall–Kier alpha value is -0.120. The molecule has 0 aromatic heterocycles. The van der Waals surface area contributed by atoms with Crippen LogP contribution < -0.4 is 5.73 Å². The van der Waals surface area contributed by atoms with E-state index in [0.29, 0.717) is 23.6 Å². The predicted octanol–water partition coefficient (Wildman–Crippen LogP) is 3.42. The molecule has 124 valence electrons. The number of ether oxygens (including phenoxy) is 1. The van der Waals surface area contributed by atoms with E-state index in [1.165, 1.54) is 38.6 Å². The molecule has 3 nitrogen and oxygen atoms in total. The van der Waals surface area contributed by atoms with Gasteiger partial charge in [-0.3, -0.25) is 4.90 Å². The molecular formula is C18H36N2O. The smallest absolute Gasteiger partial charge is 0.0702 e. The molecule has 1 saturated heterocycles. The number of nitrogens with two attached hydrogens (primary N) is 1. The average molecular weight is 296 g/mol. The Morgan fingerprint density at radius 1 is 1.19 bits per heavy atom. The fourth-order valence-corrected chi connectivity index (χ4v) is 4.06. The molecule has 0 aromatic rings. The highest BCUT2D eigenvalue weighted by molar-refractivity contribution is 4.94. The molecular weight excluding hydrogens is 260 g/mol. The van der Waals surface area contributed by atoms with E-state index in [-0.39, 0.29) is 0 Å². The van der Waals surface area contributed by atoms with Crippen LogP contribution in [0.25, 0.3) is 0 Å². The maximum absolute atomic E-state index is 6.48. The molecule has 0 aromatic carbocycles. The van der Waals surface area contributed by atoms with E-state index in [4.69, 9.17) is 10.5 Å². The monoisotopic (exact) mass is 296 g/mol. The Morgan fingerprint density at radius 3 is 2.62 bits per heavy atom. The van der Waals surface area contributed by atoms with Crippen molar-refractivity contribution in [2.24, 2.45) is 17.1 Å². The summed E-state index contributed by atoms with van der Waals surface area (Å²) < 4.78 is 6.00. The predicted molar refractivity (Wildman–Crippen MR) is 89.4 cm³/mol. The summed E-state index contributed by atoms with van der Waals surface area (Å²) in [6.07, 6.45) is 7.78. The van der Waals surface area contributed by atoms with Crippen molar-refractivity contribution < 1.29 is 4.74 Å². The molecule has 0 spiro atoms. The molecule has 3 heteroatoms. The summed E-state index contributed by atoms with van der Waals surface area (Å²) in [5, 5.41) is 0. The van der Waals surface area contributed by atoms with E-state index < -0.39 is 0 Å².